The summed E-state index contributed by atoms with van der Waals surface area (Å²) in [7, 11) is 0. The number of hydrogen-bond acceptors (Lipinski definition) is 2. The molecule has 1 atom stereocenters. The average Bonchev–Trinajstić information content (AvgIpc) is 2.61. The van der Waals surface area contributed by atoms with Crippen molar-refractivity contribution in [3.63, 3.8) is 0 Å². The van der Waals surface area contributed by atoms with E-state index in [1.165, 1.54) is 37.7 Å². The number of rotatable bonds is 3. The molecule has 3 heteroatoms. The van der Waals surface area contributed by atoms with Gasteiger partial charge in [0.2, 0.25) is 0 Å². The molecule has 1 heterocycles. The number of thiophene rings is 1. The second-order valence-corrected chi connectivity index (χ2v) is 7.26. The summed E-state index contributed by atoms with van der Waals surface area (Å²) in [5, 5.41) is 10.2. The van der Waals surface area contributed by atoms with Gasteiger partial charge in [-0.25, -0.2) is 0 Å². The average molecular weight is 303 g/mol. The molecule has 0 bridgehead atoms. The smallest absolute Gasteiger partial charge is 0.0885 e. The summed E-state index contributed by atoms with van der Waals surface area (Å²) in [5.41, 5.74) is 1.24. The van der Waals surface area contributed by atoms with E-state index in [0.29, 0.717) is 0 Å². The summed E-state index contributed by atoms with van der Waals surface area (Å²) in [6.07, 6.45) is 7.40. The Morgan fingerprint density at radius 2 is 2.12 bits per heavy atom. The maximum absolute atomic E-state index is 10.2. The molecule has 1 aliphatic carbocycles. The van der Waals surface area contributed by atoms with Crippen molar-refractivity contribution in [2.24, 2.45) is 5.92 Å². The standard InChI is InChI=1S/C13H19BrOS/c1-9-7-12(16-13(9)14)11(15)8-10-5-3-2-4-6-10/h7,10-11,15H,2-6,8H2,1H3. The fourth-order valence-corrected chi connectivity index (χ4v) is 4.07. The lowest BCUT2D eigenvalue weighted by Gasteiger charge is -2.23. The Bertz CT molecular complexity index is 322. The third-order valence-electron chi connectivity index (χ3n) is 3.49. The van der Waals surface area contributed by atoms with Crippen molar-refractivity contribution in [3.8, 4) is 0 Å². The molecule has 0 aliphatic heterocycles. The first-order valence-electron chi connectivity index (χ1n) is 6.10. The van der Waals surface area contributed by atoms with E-state index in [2.05, 4.69) is 28.9 Å². The van der Waals surface area contributed by atoms with Crippen molar-refractivity contribution in [1.82, 2.24) is 0 Å². The van der Waals surface area contributed by atoms with Crippen molar-refractivity contribution >= 4 is 27.3 Å². The summed E-state index contributed by atoms with van der Waals surface area (Å²) in [4.78, 5) is 1.12. The van der Waals surface area contributed by atoms with Gasteiger partial charge in [-0.2, -0.15) is 0 Å². The number of aliphatic hydroxyl groups is 1. The van der Waals surface area contributed by atoms with Crippen LogP contribution in [0.5, 0.6) is 0 Å². The summed E-state index contributed by atoms with van der Waals surface area (Å²) in [6.45, 7) is 2.08. The van der Waals surface area contributed by atoms with Crippen LogP contribution in [0.4, 0.5) is 0 Å². The highest BCUT2D eigenvalue weighted by molar-refractivity contribution is 9.11. The molecule has 1 aliphatic rings. The summed E-state index contributed by atoms with van der Waals surface area (Å²) in [5.74, 6) is 0.741. The maximum atomic E-state index is 10.2. The molecule has 1 aromatic heterocycles. The van der Waals surface area contributed by atoms with Crippen molar-refractivity contribution in [3.05, 3.63) is 20.3 Å². The van der Waals surface area contributed by atoms with Gasteiger partial charge in [0.05, 0.1) is 9.89 Å². The van der Waals surface area contributed by atoms with Gasteiger partial charge in [-0.15, -0.1) is 11.3 Å². The molecular formula is C13H19BrOS. The van der Waals surface area contributed by atoms with Crippen LogP contribution in [0.15, 0.2) is 9.85 Å². The van der Waals surface area contributed by atoms with Crippen molar-refractivity contribution in [2.45, 2.75) is 51.6 Å². The molecule has 1 fully saturated rings. The van der Waals surface area contributed by atoms with Gasteiger partial charge in [-0.1, -0.05) is 32.1 Å². The van der Waals surface area contributed by atoms with E-state index in [0.717, 1.165) is 21.0 Å². The van der Waals surface area contributed by atoms with Gasteiger partial charge in [0.25, 0.3) is 0 Å². The Morgan fingerprint density at radius 3 is 2.69 bits per heavy atom. The monoisotopic (exact) mass is 302 g/mol. The SMILES string of the molecule is Cc1cc(C(O)CC2CCCCC2)sc1Br. The van der Waals surface area contributed by atoms with E-state index in [1.807, 2.05) is 0 Å². The maximum Gasteiger partial charge on any atom is 0.0885 e. The first-order valence-corrected chi connectivity index (χ1v) is 7.71. The first kappa shape index (κ1) is 12.6. The molecule has 0 aromatic carbocycles. The fourth-order valence-electron chi connectivity index (χ4n) is 2.50. The zero-order valence-corrected chi connectivity index (χ0v) is 12.1. The van der Waals surface area contributed by atoms with Crippen molar-refractivity contribution < 1.29 is 5.11 Å². The highest BCUT2D eigenvalue weighted by Crippen LogP contribution is 2.36. The van der Waals surface area contributed by atoms with Crippen LogP contribution in [0.3, 0.4) is 0 Å². The molecule has 2 rings (SSSR count). The number of aliphatic hydroxyl groups excluding tert-OH is 1. The van der Waals surface area contributed by atoms with Gasteiger partial charge in [0.1, 0.15) is 0 Å². The van der Waals surface area contributed by atoms with Crippen molar-refractivity contribution in [2.75, 3.05) is 0 Å². The minimum absolute atomic E-state index is 0.252. The zero-order valence-electron chi connectivity index (χ0n) is 9.71. The number of halogens is 1. The van der Waals surface area contributed by atoms with E-state index in [1.54, 1.807) is 11.3 Å². The highest BCUT2D eigenvalue weighted by atomic mass is 79.9. The third kappa shape index (κ3) is 3.08. The van der Waals surface area contributed by atoms with Crippen molar-refractivity contribution in [1.29, 1.82) is 0 Å². The Labute approximate surface area is 110 Å². The Hall–Kier alpha value is 0.140. The molecule has 1 saturated carbocycles. The molecule has 0 spiro atoms. The molecule has 1 nitrogen and oxygen atoms in total. The molecule has 0 amide bonds. The van der Waals surface area contributed by atoms with Gasteiger partial charge < -0.3 is 5.11 Å². The Morgan fingerprint density at radius 1 is 1.44 bits per heavy atom. The van der Waals surface area contributed by atoms with E-state index in [9.17, 15) is 5.11 Å². The van der Waals surface area contributed by atoms with Crippen LogP contribution >= 0.6 is 27.3 Å². The molecule has 0 saturated heterocycles. The van der Waals surface area contributed by atoms with Crippen LogP contribution in [0.2, 0.25) is 0 Å². The number of hydrogen-bond donors (Lipinski definition) is 1. The topological polar surface area (TPSA) is 20.2 Å². The second-order valence-electron chi connectivity index (χ2n) is 4.86. The lowest BCUT2D eigenvalue weighted by Crippen LogP contribution is -2.10. The van der Waals surface area contributed by atoms with Gasteiger partial charge in [-0.05, 0) is 46.8 Å². The Balaban J connectivity index is 1.93. The van der Waals surface area contributed by atoms with E-state index in [-0.39, 0.29) is 6.10 Å². The van der Waals surface area contributed by atoms with Crippen LogP contribution in [-0.2, 0) is 0 Å². The quantitative estimate of drug-likeness (QED) is 0.848. The molecule has 1 aromatic rings. The van der Waals surface area contributed by atoms with E-state index in [4.69, 9.17) is 0 Å². The van der Waals surface area contributed by atoms with E-state index < -0.39 is 0 Å². The Kier molecular flexibility index (Phi) is 4.45. The fraction of sp³-hybridized carbons (Fsp3) is 0.692. The minimum Gasteiger partial charge on any atom is -0.388 e. The largest absolute Gasteiger partial charge is 0.388 e. The van der Waals surface area contributed by atoms with Gasteiger partial charge in [0, 0.05) is 4.88 Å². The summed E-state index contributed by atoms with van der Waals surface area (Å²) in [6, 6.07) is 2.11. The van der Waals surface area contributed by atoms with Gasteiger partial charge >= 0.3 is 0 Å². The summed E-state index contributed by atoms with van der Waals surface area (Å²) >= 11 is 5.19. The van der Waals surface area contributed by atoms with Gasteiger partial charge in [-0.3, -0.25) is 0 Å². The molecule has 16 heavy (non-hydrogen) atoms. The van der Waals surface area contributed by atoms with E-state index >= 15 is 0 Å². The predicted molar refractivity (Wildman–Crippen MR) is 72.9 cm³/mol. The summed E-state index contributed by atoms with van der Waals surface area (Å²) < 4.78 is 1.16. The minimum atomic E-state index is -0.252. The van der Waals surface area contributed by atoms with Crippen LogP contribution < -0.4 is 0 Å². The second kappa shape index (κ2) is 5.65. The lowest BCUT2D eigenvalue weighted by molar-refractivity contribution is 0.134. The molecular weight excluding hydrogens is 284 g/mol. The van der Waals surface area contributed by atoms with Crippen LogP contribution in [0.1, 0.15) is 55.1 Å². The third-order valence-corrected chi connectivity index (χ3v) is 5.72. The van der Waals surface area contributed by atoms with Gasteiger partial charge in [0.15, 0.2) is 0 Å². The molecule has 1 unspecified atom stereocenters. The molecule has 0 radical (unpaired) electrons. The van der Waals surface area contributed by atoms with Crippen LogP contribution in [0, 0.1) is 12.8 Å². The number of aryl methyl sites for hydroxylation is 1. The van der Waals surface area contributed by atoms with Crippen LogP contribution in [-0.4, -0.2) is 5.11 Å². The normalized spacial score (nSPS) is 19.9. The highest BCUT2D eigenvalue weighted by Gasteiger charge is 2.20. The van der Waals surface area contributed by atoms with Crippen LogP contribution in [0.25, 0.3) is 0 Å². The first-order chi connectivity index (χ1) is 7.66. The lowest BCUT2D eigenvalue weighted by atomic mass is 9.85. The predicted octanol–water partition coefficient (Wildman–Crippen LogP) is 4.82. The molecule has 90 valence electrons. The molecule has 1 N–H and O–H groups in total. The zero-order chi connectivity index (χ0) is 11.5.